The molecule has 2 saturated heterocycles. The molecule has 2 aliphatic rings. The SMILES string of the molecule is CCCNc1nc(C)cc(NC2CCN3CCCC3C2)n1. The van der Waals surface area contributed by atoms with Gasteiger partial charge in [-0.1, -0.05) is 6.92 Å². The second-order valence-electron chi connectivity index (χ2n) is 6.34. The largest absolute Gasteiger partial charge is 0.367 e. The van der Waals surface area contributed by atoms with Gasteiger partial charge in [0.1, 0.15) is 5.82 Å². The predicted molar refractivity (Wildman–Crippen MR) is 86.8 cm³/mol. The molecule has 0 aromatic carbocycles. The lowest BCUT2D eigenvalue weighted by atomic mass is 9.97. The maximum Gasteiger partial charge on any atom is 0.224 e. The first-order valence-corrected chi connectivity index (χ1v) is 8.34. The number of fused-ring (bicyclic) bond motifs is 1. The van der Waals surface area contributed by atoms with Crippen molar-refractivity contribution in [2.45, 2.75) is 58.0 Å². The highest BCUT2D eigenvalue weighted by molar-refractivity contribution is 5.43. The van der Waals surface area contributed by atoms with Gasteiger partial charge in [0.2, 0.25) is 5.95 Å². The van der Waals surface area contributed by atoms with E-state index in [2.05, 4.69) is 38.5 Å². The zero-order valence-electron chi connectivity index (χ0n) is 13.2. The van der Waals surface area contributed by atoms with Gasteiger partial charge < -0.3 is 15.5 Å². The van der Waals surface area contributed by atoms with Crippen molar-refractivity contribution in [3.05, 3.63) is 11.8 Å². The summed E-state index contributed by atoms with van der Waals surface area (Å²) in [5, 5.41) is 6.91. The molecule has 3 heterocycles. The third-order valence-electron chi connectivity index (χ3n) is 4.56. The predicted octanol–water partition coefficient (Wildman–Crippen LogP) is 2.65. The summed E-state index contributed by atoms with van der Waals surface area (Å²) in [5.74, 6) is 1.72. The summed E-state index contributed by atoms with van der Waals surface area (Å²) in [6, 6.07) is 3.40. The number of hydrogen-bond acceptors (Lipinski definition) is 5. The fraction of sp³-hybridized carbons (Fsp3) is 0.750. The Balaban J connectivity index is 1.62. The highest BCUT2D eigenvalue weighted by Crippen LogP contribution is 2.28. The minimum Gasteiger partial charge on any atom is -0.367 e. The molecule has 2 aliphatic heterocycles. The lowest BCUT2D eigenvalue weighted by Gasteiger charge is -2.35. The monoisotopic (exact) mass is 289 g/mol. The van der Waals surface area contributed by atoms with Gasteiger partial charge in [0, 0.05) is 36.9 Å². The molecule has 0 bridgehead atoms. The number of aryl methyl sites for hydroxylation is 1. The lowest BCUT2D eigenvalue weighted by molar-refractivity contribution is 0.188. The van der Waals surface area contributed by atoms with Gasteiger partial charge in [0.25, 0.3) is 0 Å². The van der Waals surface area contributed by atoms with Gasteiger partial charge in [-0.3, -0.25) is 0 Å². The summed E-state index contributed by atoms with van der Waals surface area (Å²) in [6.07, 6.45) is 6.29. The highest BCUT2D eigenvalue weighted by atomic mass is 15.2. The normalized spacial score (nSPS) is 25.6. The van der Waals surface area contributed by atoms with Gasteiger partial charge in [0.15, 0.2) is 0 Å². The molecule has 0 spiro atoms. The zero-order valence-corrected chi connectivity index (χ0v) is 13.2. The molecule has 5 heteroatoms. The quantitative estimate of drug-likeness (QED) is 0.873. The molecule has 2 N–H and O–H groups in total. The Labute approximate surface area is 127 Å². The van der Waals surface area contributed by atoms with E-state index in [0.29, 0.717) is 6.04 Å². The summed E-state index contributed by atoms with van der Waals surface area (Å²) in [7, 11) is 0. The van der Waals surface area contributed by atoms with E-state index in [9.17, 15) is 0 Å². The molecular weight excluding hydrogens is 262 g/mol. The van der Waals surface area contributed by atoms with Gasteiger partial charge in [-0.2, -0.15) is 4.98 Å². The van der Waals surface area contributed by atoms with Crippen LogP contribution in [0.1, 0.15) is 44.7 Å². The van der Waals surface area contributed by atoms with E-state index in [1.807, 2.05) is 6.92 Å². The number of anilines is 2. The fourth-order valence-corrected chi connectivity index (χ4v) is 3.52. The van der Waals surface area contributed by atoms with Crippen LogP contribution >= 0.6 is 0 Å². The Hall–Kier alpha value is -1.36. The summed E-state index contributed by atoms with van der Waals surface area (Å²) in [6.45, 7) is 7.63. The van der Waals surface area contributed by atoms with Crippen LogP contribution in [-0.4, -0.2) is 46.6 Å². The molecule has 3 rings (SSSR count). The van der Waals surface area contributed by atoms with Crippen LogP contribution in [0, 0.1) is 6.92 Å². The molecule has 2 unspecified atom stereocenters. The fourth-order valence-electron chi connectivity index (χ4n) is 3.52. The Morgan fingerprint density at radius 1 is 1.29 bits per heavy atom. The average molecular weight is 289 g/mol. The zero-order chi connectivity index (χ0) is 14.7. The Morgan fingerprint density at radius 2 is 2.19 bits per heavy atom. The standard InChI is InChI=1S/C16H27N5/c1-3-7-17-16-18-12(2)10-15(20-16)19-13-6-9-21-8-4-5-14(21)11-13/h10,13-14H,3-9,11H2,1-2H3,(H2,17,18,19,20). The van der Waals surface area contributed by atoms with E-state index in [0.717, 1.165) is 36.5 Å². The van der Waals surface area contributed by atoms with Crippen molar-refractivity contribution < 1.29 is 0 Å². The average Bonchev–Trinajstić information content (AvgIpc) is 2.92. The molecule has 116 valence electrons. The first-order valence-electron chi connectivity index (χ1n) is 8.34. The van der Waals surface area contributed by atoms with E-state index in [1.54, 1.807) is 0 Å². The Kier molecular flexibility index (Phi) is 4.58. The number of hydrogen-bond donors (Lipinski definition) is 2. The molecule has 1 aromatic rings. The van der Waals surface area contributed by atoms with Crippen LogP contribution in [0.3, 0.4) is 0 Å². The number of nitrogens with one attached hydrogen (secondary N) is 2. The number of nitrogens with zero attached hydrogens (tertiary/aromatic N) is 3. The van der Waals surface area contributed by atoms with Crippen LogP contribution in [-0.2, 0) is 0 Å². The third-order valence-corrected chi connectivity index (χ3v) is 4.56. The molecule has 0 radical (unpaired) electrons. The Morgan fingerprint density at radius 3 is 3.05 bits per heavy atom. The van der Waals surface area contributed by atoms with Crippen LogP contribution < -0.4 is 10.6 Å². The summed E-state index contributed by atoms with van der Waals surface area (Å²) in [5.41, 5.74) is 1.02. The van der Waals surface area contributed by atoms with E-state index in [4.69, 9.17) is 0 Å². The molecule has 2 fully saturated rings. The molecule has 0 aliphatic carbocycles. The second kappa shape index (κ2) is 6.60. The topological polar surface area (TPSA) is 53.1 Å². The second-order valence-corrected chi connectivity index (χ2v) is 6.34. The van der Waals surface area contributed by atoms with Gasteiger partial charge in [-0.15, -0.1) is 0 Å². The summed E-state index contributed by atoms with van der Waals surface area (Å²) >= 11 is 0. The van der Waals surface area contributed by atoms with Crippen molar-refractivity contribution >= 4 is 11.8 Å². The van der Waals surface area contributed by atoms with E-state index >= 15 is 0 Å². The van der Waals surface area contributed by atoms with Gasteiger partial charge >= 0.3 is 0 Å². The molecule has 1 aromatic heterocycles. The first-order chi connectivity index (χ1) is 10.2. The van der Waals surface area contributed by atoms with Gasteiger partial charge in [0.05, 0.1) is 0 Å². The van der Waals surface area contributed by atoms with Gasteiger partial charge in [-0.05, 0) is 45.6 Å². The van der Waals surface area contributed by atoms with Crippen LogP contribution in [0.4, 0.5) is 11.8 Å². The number of aromatic nitrogens is 2. The van der Waals surface area contributed by atoms with E-state index in [-0.39, 0.29) is 0 Å². The van der Waals surface area contributed by atoms with Crippen molar-refractivity contribution in [3.8, 4) is 0 Å². The van der Waals surface area contributed by atoms with Crippen LogP contribution in [0.25, 0.3) is 0 Å². The summed E-state index contributed by atoms with van der Waals surface area (Å²) in [4.78, 5) is 11.7. The molecule has 0 amide bonds. The minimum absolute atomic E-state index is 0.553. The van der Waals surface area contributed by atoms with Crippen molar-refractivity contribution in [1.29, 1.82) is 0 Å². The maximum atomic E-state index is 4.60. The number of rotatable bonds is 5. The molecular formula is C16H27N5. The van der Waals surface area contributed by atoms with Crippen molar-refractivity contribution in [1.82, 2.24) is 14.9 Å². The first kappa shape index (κ1) is 14.6. The van der Waals surface area contributed by atoms with E-state index in [1.165, 1.54) is 38.8 Å². The summed E-state index contributed by atoms with van der Waals surface area (Å²) < 4.78 is 0. The van der Waals surface area contributed by atoms with Crippen molar-refractivity contribution in [3.63, 3.8) is 0 Å². The van der Waals surface area contributed by atoms with Crippen LogP contribution in [0.15, 0.2) is 6.07 Å². The van der Waals surface area contributed by atoms with Crippen LogP contribution in [0.5, 0.6) is 0 Å². The van der Waals surface area contributed by atoms with Crippen LogP contribution in [0.2, 0.25) is 0 Å². The Bertz CT molecular complexity index is 476. The number of piperidine rings is 1. The smallest absolute Gasteiger partial charge is 0.224 e. The minimum atomic E-state index is 0.553. The molecule has 0 saturated carbocycles. The third kappa shape index (κ3) is 3.64. The molecule has 21 heavy (non-hydrogen) atoms. The highest BCUT2D eigenvalue weighted by Gasteiger charge is 2.31. The van der Waals surface area contributed by atoms with E-state index < -0.39 is 0 Å². The molecule has 2 atom stereocenters. The van der Waals surface area contributed by atoms with Crippen molar-refractivity contribution in [2.24, 2.45) is 0 Å². The van der Waals surface area contributed by atoms with Crippen molar-refractivity contribution in [2.75, 3.05) is 30.3 Å². The maximum absolute atomic E-state index is 4.60. The lowest BCUT2D eigenvalue weighted by Crippen LogP contribution is -2.42. The van der Waals surface area contributed by atoms with Gasteiger partial charge in [-0.25, -0.2) is 4.98 Å². The molecule has 5 nitrogen and oxygen atoms in total.